The number of nitrogens with zero attached hydrogens (tertiary/aromatic N) is 4. The minimum atomic E-state index is -4.47. The fourth-order valence-corrected chi connectivity index (χ4v) is 5.01. The number of anilines is 1. The van der Waals surface area contributed by atoms with Gasteiger partial charge in [0.15, 0.2) is 0 Å². The van der Waals surface area contributed by atoms with Gasteiger partial charge in [-0.05, 0) is 44.7 Å². The van der Waals surface area contributed by atoms with E-state index < -0.39 is 11.7 Å². The highest BCUT2D eigenvalue weighted by atomic mass is 32.1. The molecule has 2 aliphatic heterocycles. The average molecular weight is 424 g/mol. The summed E-state index contributed by atoms with van der Waals surface area (Å²) in [5, 5.41) is 2.97. The maximum Gasteiger partial charge on any atom is 0.419 e. The summed E-state index contributed by atoms with van der Waals surface area (Å²) in [6, 6.07) is 2.32. The Morgan fingerprint density at radius 1 is 1.24 bits per heavy atom. The van der Waals surface area contributed by atoms with Gasteiger partial charge in [0.2, 0.25) is 5.91 Å². The molecule has 0 spiro atoms. The first-order valence-electron chi connectivity index (χ1n) is 9.84. The van der Waals surface area contributed by atoms with Gasteiger partial charge in [0.05, 0.1) is 28.2 Å². The third kappa shape index (κ3) is 4.10. The fraction of sp³-hybridized carbons (Fsp3) is 0.550. The number of pyridine rings is 1. The van der Waals surface area contributed by atoms with E-state index in [-0.39, 0.29) is 30.2 Å². The lowest BCUT2D eigenvalue weighted by molar-refractivity contribution is -0.137. The Morgan fingerprint density at radius 3 is 2.76 bits per heavy atom. The van der Waals surface area contributed by atoms with Crippen LogP contribution in [0, 0.1) is 12.8 Å². The highest BCUT2D eigenvalue weighted by Gasteiger charge is 2.40. The Labute approximate surface area is 171 Å². The van der Waals surface area contributed by atoms with Crippen molar-refractivity contribution >= 4 is 23.1 Å². The van der Waals surface area contributed by atoms with E-state index in [1.54, 1.807) is 16.2 Å². The van der Waals surface area contributed by atoms with Crippen molar-refractivity contribution in [2.75, 3.05) is 24.5 Å². The largest absolute Gasteiger partial charge is 0.419 e. The SMILES string of the molecule is Cc1nc(C2CCCN2C(=O)C2CCCN(c3ncccc3C(F)(F)F)C2)cs1. The molecule has 4 heterocycles. The molecule has 2 atom stereocenters. The van der Waals surface area contributed by atoms with Crippen LogP contribution in [0.2, 0.25) is 0 Å². The molecular formula is C20H23F3N4OS. The highest BCUT2D eigenvalue weighted by molar-refractivity contribution is 7.09. The van der Waals surface area contributed by atoms with Gasteiger partial charge in [-0.3, -0.25) is 4.79 Å². The van der Waals surface area contributed by atoms with Crippen LogP contribution in [0.5, 0.6) is 0 Å². The number of amides is 1. The van der Waals surface area contributed by atoms with Crippen LogP contribution < -0.4 is 4.90 Å². The van der Waals surface area contributed by atoms with Crippen molar-refractivity contribution in [2.24, 2.45) is 5.92 Å². The van der Waals surface area contributed by atoms with Crippen LogP contribution in [0.1, 0.15) is 48.0 Å². The van der Waals surface area contributed by atoms with E-state index >= 15 is 0 Å². The molecule has 9 heteroatoms. The molecule has 2 aliphatic rings. The second kappa shape index (κ2) is 7.93. The number of aryl methyl sites for hydroxylation is 1. The first-order valence-corrected chi connectivity index (χ1v) is 10.7. The molecule has 29 heavy (non-hydrogen) atoms. The molecule has 2 saturated heterocycles. The molecule has 4 rings (SSSR count). The zero-order valence-corrected chi connectivity index (χ0v) is 17.0. The molecule has 2 aromatic heterocycles. The lowest BCUT2D eigenvalue weighted by Gasteiger charge is -2.36. The molecule has 0 aromatic carbocycles. The van der Waals surface area contributed by atoms with Crippen LogP contribution in [0.4, 0.5) is 19.0 Å². The maximum atomic E-state index is 13.4. The number of thiazole rings is 1. The van der Waals surface area contributed by atoms with E-state index in [2.05, 4.69) is 9.97 Å². The number of carbonyl (C=O) groups excluding carboxylic acids is 1. The van der Waals surface area contributed by atoms with Gasteiger partial charge in [-0.25, -0.2) is 9.97 Å². The number of likely N-dealkylation sites (tertiary alicyclic amines) is 1. The number of piperidine rings is 1. The number of hydrogen-bond acceptors (Lipinski definition) is 5. The van der Waals surface area contributed by atoms with E-state index in [0.29, 0.717) is 25.9 Å². The van der Waals surface area contributed by atoms with Gasteiger partial charge in [-0.15, -0.1) is 11.3 Å². The third-order valence-electron chi connectivity index (χ3n) is 5.68. The highest BCUT2D eigenvalue weighted by Crippen LogP contribution is 2.38. The minimum Gasteiger partial charge on any atom is -0.355 e. The smallest absolute Gasteiger partial charge is 0.355 e. The topological polar surface area (TPSA) is 49.3 Å². The summed E-state index contributed by atoms with van der Waals surface area (Å²) in [6.45, 7) is 3.35. The van der Waals surface area contributed by atoms with Crippen LogP contribution in [0.3, 0.4) is 0 Å². The van der Waals surface area contributed by atoms with E-state index in [0.717, 1.165) is 29.6 Å². The molecule has 0 saturated carbocycles. The Bertz CT molecular complexity index is 885. The van der Waals surface area contributed by atoms with E-state index in [1.165, 1.54) is 12.3 Å². The van der Waals surface area contributed by atoms with Crippen LogP contribution in [0.25, 0.3) is 0 Å². The molecule has 156 valence electrons. The van der Waals surface area contributed by atoms with E-state index in [1.807, 2.05) is 17.2 Å². The second-order valence-electron chi connectivity index (χ2n) is 7.64. The molecular weight excluding hydrogens is 401 g/mol. The summed E-state index contributed by atoms with van der Waals surface area (Å²) < 4.78 is 40.2. The predicted molar refractivity (Wildman–Crippen MR) is 105 cm³/mol. The Morgan fingerprint density at radius 2 is 2.03 bits per heavy atom. The molecule has 2 aromatic rings. The van der Waals surface area contributed by atoms with Gasteiger partial charge >= 0.3 is 6.18 Å². The Kier molecular flexibility index (Phi) is 5.50. The summed E-state index contributed by atoms with van der Waals surface area (Å²) in [6.07, 6.45) is 0.0489. The maximum absolute atomic E-state index is 13.4. The Hall–Kier alpha value is -2.16. The van der Waals surface area contributed by atoms with Crippen molar-refractivity contribution in [1.29, 1.82) is 0 Å². The summed E-state index contributed by atoms with van der Waals surface area (Å²) >= 11 is 1.57. The van der Waals surface area contributed by atoms with E-state index in [9.17, 15) is 18.0 Å². The predicted octanol–water partition coefficient (Wildman–Crippen LogP) is 4.45. The third-order valence-corrected chi connectivity index (χ3v) is 6.47. The van der Waals surface area contributed by atoms with Crippen LogP contribution in [-0.4, -0.2) is 40.4 Å². The lowest BCUT2D eigenvalue weighted by Crippen LogP contribution is -2.45. The number of rotatable bonds is 3. The molecule has 0 N–H and O–H groups in total. The summed E-state index contributed by atoms with van der Waals surface area (Å²) in [5.41, 5.74) is 0.181. The minimum absolute atomic E-state index is 0.0207. The zero-order valence-electron chi connectivity index (χ0n) is 16.2. The van der Waals surface area contributed by atoms with Crippen molar-refractivity contribution < 1.29 is 18.0 Å². The van der Waals surface area contributed by atoms with Crippen molar-refractivity contribution in [3.63, 3.8) is 0 Å². The van der Waals surface area contributed by atoms with Crippen LogP contribution >= 0.6 is 11.3 Å². The van der Waals surface area contributed by atoms with Gasteiger partial charge in [0, 0.05) is 31.2 Å². The summed E-state index contributed by atoms with van der Waals surface area (Å²) in [7, 11) is 0. The molecule has 2 fully saturated rings. The normalized spacial score (nSPS) is 22.9. The average Bonchev–Trinajstić information content (AvgIpc) is 3.35. The van der Waals surface area contributed by atoms with Gasteiger partial charge < -0.3 is 9.80 Å². The van der Waals surface area contributed by atoms with Gasteiger partial charge in [-0.1, -0.05) is 0 Å². The molecule has 5 nitrogen and oxygen atoms in total. The van der Waals surface area contributed by atoms with Crippen molar-refractivity contribution in [3.8, 4) is 0 Å². The number of carbonyl (C=O) groups is 1. The standard InChI is InChI=1S/C20H23F3N4OS/c1-13-25-16(12-29-13)17-7-4-10-27(17)19(28)14-5-3-9-26(11-14)18-15(20(21,22)23)6-2-8-24-18/h2,6,8,12,14,17H,3-5,7,9-11H2,1H3. The van der Waals surface area contributed by atoms with Crippen LogP contribution in [0.15, 0.2) is 23.7 Å². The summed E-state index contributed by atoms with van der Waals surface area (Å²) in [4.78, 5) is 25.3. The molecule has 0 bridgehead atoms. The molecule has 0 radical (unpaired) electrons. The summed E-state index contributed by atoms with van der Waals surface area (Å²) in [5.74, 6) is -0.384. The van der Waals surface area contributed by atoms with Crippen molar-refractivity contribution in [3.05, 3.63) is 40.0 Å². The monoisotopic (exact) mass is 424 g/mol. The lowest BCUT2D eigenvalue weighted by atomic mass is 9.95. The van der Waals surface area contributed by atoms with Gasteiger partial charge in [0.1, 0.15) is 5.82 Å². The van der Waals surface area contributed by atoms with E-state index in [4.69, 9.17) is 0 Å². The molecule has 1 amide bonds. The number of aromatic nitrogens is 2. The van der Waals surface area contributed by atoms with Gasteiger partial charge in [-0.2, -0.15) is 13.2 Å². The molecule has 0 aliphatic carbocycles. The zero-order chi connectivity index (χ0) is 20.6. The number of hydrogen-bond donors (Lipinski definition) is 0. The number of alkyl halides is 3. The van der Waals surface area contributed by atoms with Gasteiger partial charge in [0.25, 0.3) is 0 Å². The van der Waals surface area contributed by atoms with Crippen molar-refractivity contribution in [1.82, 2.24) is 14.9 Å². The first kappa shape index (κ1) is 20.1. The first-order chi connectivity index (χ1) is 13.8. The quantitative estimate of drug-likeness (QED) is 0.731. The fourth-order valence-electron chi connectivity index (χ4n) is 4.35. The Balaban J connectivity index is 1.52. The molecule has 2 unspecified atom stereocenters. The second-order valence-corrected chi connectivity index (χ2v) is 8.70. The van der Waals surface area contributed by atoms with Crippen molar-refractivity contribution in [2.45, 2.75) is 44.8 Å². The van der Waals surface area contributed by atoms with Crippen LogP contribution in [-0.2, 0) is 11.0 Å². The number of halogens is 3.